The van der Waals surface area contributed by atoms with Crippen molar-refractivity contribution in [2.24, 2.45) is 0 Å². The molecule has 1 aromatic heterocycles. The van der Waals surface area contributed by atoms with Gasteiger partial charge in [0.25, 0.3) is 0 Å². The highest BCUT2D eigenvalue weighted by Gasteiger charge is 1.93. The summed E-state index contributed by atoms with van der Waals surface area (Å²) in [5.41, 5.74) is 0.828. The van der Waals surface area contributed by atoms with E-state index in [9.17, 15) is 4.39 Å². The van der Waals surface area contributed by atoms with Gasteiger partial charge in [-0.1, -0.05) is 18.2 Å². The molecule has 1 heterocycles. The summed E-state index contributed by atoms with van der Waals surface area (Å²) in [6.07, 6.45) is 1.22. The predicted octanol–water partition coefficient (Wildman–Crippen LogP) is 2.37. The van der Waals surface area contributed by atoms with Gasteiger partial charge in [-0.25, -0.2) is 4.39 Å². The van der Waals surface area contributed by atoms with Crippen molar-refractivity contribution in [3.63, 3.8) is 0 Å². The van der Waals surface area contributed by atoms with Gasteiger partial charge < -0.3 is 0 Å². The number of para-hydroxylation sites is 1. The lowest BCUT2D eigenvalue weighted by Gasteiger charge is -1.93. The number of rotatable bonds is 0. The smallest absolute Gasteiger partial charge is 0.142 e. The Bertz CT molecular complexity index is 384. The number of hydrogen-bond acceptors (Lipinski definition) is 1. The number of halogens is 1. The molecule has 11 heavy (non-hydrogen) atoms. The third-order valence-corrected chi connectivity index (χ3v) is 1.56. The number of pyridine rings is 1. The van der Waals surface area contributed by atoms with E-state index < -0.39 is 0 Å². The molecule has 2 rings (SSSR count). The monoisotopic (exact) mass is 146 g/mol. The normalized spacial score (nSPS) is 10.3. The Kier molecular flexibility index (Phi) is 1.32. The molecule has 0 N–H and O–H groups in total. The standard InChI is InChI=1S/C9H6FN/c10-8-5-7-3-1-2-4-9(7)11-6-8/h1-6H/i10-1. The maximum atomic E-state index is 12.6. The van der Waals surface area contributed by atoms with Crippen LogP contribution < -0.4 is 0 Å². The van der Waals surface area contributed by atoms with E-state index in [4.69, 9.17) is 0 Å². The minimum atomic E-state index is -0.288. The second-order valence-electron chi connectivity index (χ2n) is 2.35. The minimum Gasteiger partial charge on any atom is -0.253 e. The molecule has 0 atom stereocenters. The van der Waals surface area contributed by atoms with Crippen LogP contribution in [0.2, 0.25) is 0 Å². The van der Waals surface area contributed by atoms with E-state index in [0.717, 1.165) is 10.9 Å². The topological polar surface area (TPSA) is 12.9 Å². The van der Waals surface area contributed by atoms with E-state index in [-0.39, 0.29) is 5.82 Å². The number of aromatic nitrogens is 1. The van der Waals surface area contributed by atoms with Gasteiger partial charge in [0.05, 0.1) is 11.7 Å². The van der Waals surface area contributed by atoms with Crippen molar-refractivity contribution < 1.29 is 4.39 Å². The lowest BCUT2D eigenvalue weighted by molar-refractivity contribution is 0.624. The van der Waals surface area contributed by atoms with E-state index in [0.29, 0.717) is 0 Å². The first kappa shape index (κ1) is 6.28. The zero-order chi connectivity index (χ0) is 7.68. The predicted molar refractivity (Wildman–Crippen MR) is 41.7 cm³/mol. The molecule has 0 saturated heterocycles. The highest BCUT2D eigenvalue weighted by Crippen LogP contribution is 2.10. The number of nitrogens with zero attached hydrogens (tertiary/aromatic N) is 1. The van der Waals surface area contributed by atoms with Crippen molar-refractivity contribution in [1.29, 1.82) is 0 Å². The van der Waals surface area contributed by atoms with Crippen molar-refractivity contribution in [1.82, 2.24) is 4.98 Å². The van der Waals surface area contributed by atoms with Crippen LogP contribution in [0.25, 0.3) is 10.9 Å². The van der Waals surface area contributed by atoms with Crippen LogP contribution in [0.1, 0.15) is 0 Å². The molecule has 0 aliphatic carbocycles. The van der Waals surface area contributed by atoms with Gasteiger partial charge in [-0.05, 0) is 12.1 Å². The highest BCUT2D eigenvalue weighted by atomic mass is 18.2. The van der Waals surface area contributed by atoms with Crippen LogP contribution in [0.3, 0.4) is 0 Å². The van der Waals surface area contributed by atoms with E-state index >= 15 is 0 Å². The Labute approximate surface area is 63.5 Å². The van der Waals surface area contributed by atoms with Crippen LogP contribution in [0.15, 0.2) is 36.5 Å². The van der Waals surface area contributed by atoms with Crippen LogP contribution in [-0.4, -0.2) is 4.98 Å². The maximum Gasteiger partial charge on any atom is 0.142 e. The second-order valence-corrected chi connectivity index (χ2v) is 2.35. The van der Waals surface area contributed by atoms with Gasteiger partial charge >= 0.3 is 0 Å². The summed E-state index contributed by atoms with van der Waals surface area (Å²) in [7, 11) is 0. The van der Waals surface area contributed by atoms with Gasteiger partial charge in [-0.15, -0.1) is 0 Å². The first-order valence-electron chi connectivity index (χ1n) is 3.36. The van der Waals surface area contributed by atoms with Gasteiger partial charge in [0.2, 0.25) is 0 Å². The van der Waals surface area contributed by atoms with Gasteiger partial charge in [0, 0.05) is 5.39 Å². The zero-order valence-electron chi connectivity index (χ0n) is 5.79. The minimum absolute atomic E-state index is 0.288. The Balaban J connectivity index is 2.83. The molecule has 1 aromatic carbocycles. The molecule has 0 aliphatic heterocycles. The molecule has 0 bridgehead atoms. The summed E-state index contributed by atoms with van der Waals surface area (Å²) >= 11 is 0. The van der Waals surface area contributed by atoms with E-state index in [1.54, 1.807) is 0 Å². The Morgan fingerprint density at radius 2 is 2.00 bits per heavy atom. The summed E-state index contributed by atoms with van der Waals surface area (Å²) in [6, 6.07) is 8.92. The summed E-state index contributed by atoms with van der Waals surface area (Å²) in [5.74, 6) is -0.288. The van der Waals surface area contributed by atoms with E-state index in [1.807, 2.05) is 24.3 Å². The Hall–Kier alpha value is -1.44. The fraction of sp³-hybridized carbons (Fsp3) is 0. The molecule has 0 fully saturated rings. The van der Waals surface area contributed by atoms with E-state index in [1.165, 1.54) is 12.3 Å². The van der Waals surface area contributed by atoms with Crippen molar-refractivity contribution in [2.45, 2.75) is 0 Å². The highest BCUT2D eigenvalue weighted by molar-refractivity contribution is 5.77. The van der Waals surface area contributed by atoms with Gasteiger partial charge in [-0.2, -0.15) is 0 Å². The second kappa shape index (κ2) is 2.31. The lowest BCUT2D eigenvalue weighted by atomic mass is 10.2. The van der Waals surface area contributed by atoms with Crippen LogP contribution in [0, 0.1) is 5.82 Å². The van der Waals surface area contributed by atoms with Gasteiger partial charge in [-0.3, -0.25) is 4.98 Å². The summed E-state index contributed by atoms with van der Waals surface area (Å²) in [5, 5.41) is 0.840. The van der Waals surface area contributed by atoms with E-state index in [2.05, 4.69) is 4.98 Å². The third kappa shape index (κ3) is 1.07. The lowest BCUT2D eigenvalue weighted by Crippen LogP contribution is -1.79. The molecule has 1 nitrogen and oxygen atoms in total. The molecule has 2 heteroatoms. The largest absolute Gasteiger partial charge is 0.253 e. The molecule has 54 valence electrons. The number of fused-ring (bicyclic) bond motifs is 1. The quantitative estimate of drug-likeness (QED) is 0.556. The van der Waals surface area contributed by atoms with Gasteiger partial charge in [0.1, 0.15) is 5.82 Å². The molecule has 0 radical (unpaired) electrons. The average Bonchev–Trinajstić information content (AvgIpc) is 2.04. The molecule has 0 amide bonds. The fourth-order valence-corrected chi connectivity index (χ4v) is 1.04. The summed E-state index contributed by atoms with van der Waals surface area (Å²) < 4.78 is 12.6. The molecule has 0 spiro atoms. The maximum absolute atomic E-state index is 12.6. The molecular weight excluding hydrogens is 140 g/mol. The number of hydrogen-bond donors (Lipinski definition) is 0. The van der Waals surface area contributed by atoms with Crippen molar-refractivity contribution in [3.05, 3.63) is 42.3 Å². The first-order valence-corrected chi connectivity index (χ1v) is 3.36. The van der Waals surface area contributed by atoms with Gasteiger partial charge in [0.15, 0.2) is 0 Å². The van der Waals surface area contributed by atoms with Crippen LogP contribution >= 0.6 is 0 Å². The molecule has 0 unspecified atom stereocenters. The first-order chi connectivity index (χ1) is 5.36. The average molecular weight is 146 g/mol. The summed E-state index contributed by atoms with van der Waals surface area (Å²) in [4.78, 5) is 3.91. The fourth-order valence-electron chi connectivity index (χ4n) is 1.04. The summed E-state index contributed by atoms with van der Waals surface area (Å²) in [6.45, 7) is 0. The Morgan fingerprint density at radius 3 is 2.91 bits per heavy atom. The molecule has 0 aliphatic rings. The SMILES string of the molecule is [18F]c1cnc2ccccc2c1. The van der Waals surface area contributed by atoms with Crippen LogP contribution in [-0.2, 0) is 0 Å². The molecule has 2 aromatic rings. The van der Waals surface area contributed by atoms with Crippen LogP contribution in [0.4, 0.5) is 4.39 Å². The Morgan fingerprint density at radius 1 is 1.18 bits per heavy atom. The molecular formula is C9H6FN. The van der Waals surface area contributed by atoms with Crippen LogP contribution in [0.5, 0.6) is 0 Å². The van der Waals surface area contributed by atoms with Crippen molar-refractivity contribution in [3.8, 4) is 0 Å². The van der Waals surface area contributed by atoms with Crippen molar-refractivity contribution >= 4 is 10.9 Å². The molecule has 0 saturated carbocycles. The zero-order valence-corrected chi connectivity index (χ0v) is 5.79. The van der Waals surface area contributed by atoms with Crippen molar-refractivity contribution in [2.75, 3.05) is 0 Å². The third-order valence-electron chi connectivity index (χ3n) is 1.56. The number of benzene rings is 1.